The quantitative estimate of drug-likeness (QED) is 0.797. The van der Waals surface area contributed by atoms with E-state index in [9.17, 15) is 12.8 Å². The Kier molecular flexibility index (Phi) is 4.04. The Balaban J connectivity index is 3.25. The number of hydrogen-bond donors (Lipinski definition) is 0. The van der Waals surface area contributed by atoms with Gasteiger partial charge in [0.25, 0.3) is 0 Å². The molecule has 0 radical (unpaired) electrons. The summed E-state index contributed by atoms with van der Waals surface area (Å²) in [6.07, 6.45) is 0. The van der Waals surface area contributed by atoms with E-state index >= 15 is 0 Å². The average molecular weight is 281 g/mol. The second-order valence-electron chi connectivity index (χ2n) is 4.18. The predicted octanol–water partition coefficient (Wildman–Crippen LogP) is 2.97. The van der Waals surface area contributed by atoms with Gasteiger partial charge >= 0.3 is 0 Å². The number of rotatable bonds is 4. The Labute approximate surface area is 105 Å². The van der Waals surface area contributed by atoms with Crippen LogP contribution in [0, 0.1) is 0 Å². The number of alkyl halides is 1. The van der Waals surface area contributed by atoms with Gasteiger partial charge in [0.2, 0.25) is 9.05 Å². The maximum absolute atomic E-state index is 13.7. The largest absolute Gasteiger partial charge is 0.496 e. The molecule has 0 N–H and O–H groups in total. The van der Waals surface area contributed by atoms with Gasteiger partial charge in [-0.3, -0.25) is 0 Å². The van der Waals surface area contributed by atoms with Crippen molar-refractivity contribution < 1.29 is 17.5 Å². The van der Waals surface area contributed by atoms with Gasteiger partial charge in [-0.2, -0.15) is 0 Å². The molecule has 1 aromatic carbocycles. The zero-order valence-electron chi connectivity index (χ0n) is 9.83. The molecular formula is C11H14ClFO3S. The summed E-state index contributed by atoms with van der Waals surface area (Å²) in [6.45, 7) is 2.79. The summed E-state index contributed by atoms with van der Waals surface area (Å²) in [5.74, 6) is -0.0102. The zero-order chi connectivity index (χ0) is 13.3. The normalized spacial score (nSPS) is 12.5. The number of halogens is 2. The van der Waals surface area contributed by atoms with E-state index in [2.05, 4.69) is 0 Å². The first-order chi connectivity index (χ1) is 7.63. The van der Waals surface area contributed by atoms with Gasteiger partial charge in [-0.15, -0.1) is 0 Å². The maximum Gasteiger partial charge on any atom is 0.236 e. The van der Waals surface area contributed by atoms with E-state index < -0.39 is 14.7 Å². The summed E-state index contributed by atoms with van der Waals surface area (Å²) in [6, 6.07) is 4.55. The highest BCUT2D eigenvalue weighted by molar-refractivity contribution is 8.13. The van der Waals surface area contributed by atoms with E-state index in [1.54, 1.807) is 6.07 Å². The first-order valence-corrected chi connectivity index (χ1v) is 7.40. The highest BCUT2D eigenvalue weighted by Crippen LogP contribution is 2.30. The fourth-order valence-electron chi connectivity index (χ4n) is 1.45. The fourth-order valence-corrected chi connectivity index (χ4v) is 2.40. The number of methoxy groups -OCH3 is 1. The van der Waals surface area contributed by atoms with E-state index in [0.717, 1.165) is 0 Å². The van der Waals surface area contributed by atoms with Gasteiger partial charge in [-0.05, 0) is 31.5 Å². The van der Waals surface area contributed by atoms with E-state index in [1.165, 1.54) is 33.1 Å². The van der Waals surface area contributed by atoms with Crippen molar-refractivity contribution >= 4 is 19.7 Å². The molecule has 0 saturated carbocycles. The third-order valence-electron chi connectivity index (χ3n) is 2.29. The molecule has 0 amide bonds. The topological polar surface area (TPSA) is 43.4 Å². The second kappa shape index (κ2) is 4.82. The first-order valence-electron chi connectivity index (χ1n) is 4.92. The van der Waals surface area contributed by atoms with Crippen molar-refractivity contribution in [1.82, 2.24) is 0 Å². The second-order valence-corrected chi connectivity index (χ2v) is 6.96. The molecule has 1 aromatic rings. The van der Waals surface area contributed by atoms with E-state index in [0.29, 0.717) is 16.9 Å². The molecule has 0 unspecified atom stereocenters. The number of ether oxygens (including phenoxy) is 1. The van der Waals surface area contributed by atoms with Gasteiger partial charge in [0.1, 0.15) is 11.4 Å². The summed E-state index contributed by atoms with van der Waals surface area (Å²) >= 11 is 0. The zero-order valence-corrected chi connectivity index (χ0v) is 11.4. The third-order valence-corrected chi connectivity index (χ3v) is 3.28. The van der Waals surface area contributed by atoms with Gasteiger partial charge in [0.15, 0.2) is 0 Å². The van der Waals surface area contributed by atoms with Crippen molar-refractivity contribution in [3.8, 4) is 5.75 Å². The van der Waals surface area contributed by atoms with Crippen LogP contribution in [0.4, 0.5) is 4.39 Å². The Morgan fingerprint density at radius 3 is 2.41 bits per heavy atom. The molecule has 1 rings (SSSR count). The molecule has 0 saturated heterocycles. The van der Waals surface area contributed by atoms with Crippen LogP contribution in [0.25, 0.3) is 0 Å². The van der Waals surface area contributed by atoms with Gasteiger partial charge in [0, 0.05) is 16.2 Å². The van der Waals surface area contributed by atoms with Crippen LogP contribution in [0.15, 0.2) is 18.2 Å². The summed E-state index contributed by atoms with van der Waals surface area (Å²) in [4.78, 5) is 0. The third kappa shape index (κ3) is 4.16. The van der Waals surface area contributed by atoms with Crippen molar-refractivity contribution in [2.75, 3.05) is 7.11 Å². The highest BCUT2D eigenvalue weighted by Gasteiger charge is 2.21. The van der Waals surface area contributed by atoms with Crippen molar-refractivity contribution in [2.45, 2.75) is 25.3 Å². The van der Waals surface area contributed by atoms with Gasteiger partial charge in [-0.1, -0.05) is 6.07 Å². The molecule has 17 heavy (non-hydrogen) atoms. The van der Waals surface area contributed by atoms with Crippen molar-refractivity contribution in [1.29, 1.82) is 0 Å². The van der Waals surface area contributed by atoms with Crippen LogP contribution in [0.5, 0.6) is 5.75 Å². The minimum absolute atomic E-state index is 0.353. The Morgan fingerprint density at radius 2 is 2.00 bits per heavy atom. The van der Waals surface area contributed by atoms with Crippen LogP contribution in [0.3, 0.4) is 0 Å². The lowest BCUT2D eigenvalue weighted by molar-refractivity contribution is 0.221. The fraction of sp³-hybridized carbons (Fsp3) is 0.455. The van der Waals surface area contributed by atoms with Crippen LogP contribution in [0.2, 0.25) is 0 Å². The van der Waals surface area contributed by atoms with Crippen molar-refractivity contribution in [3.63, 3.8) is 0 Å². The van der Waals surface area contributed by atoms with E-state index in [1.807, 2.05) is 0 Å². The monoisotopic (exact) mass is 280 g/mol. The molecule has 0 aromatic heterocycles. The maximum atomic E-state index is 13.7. The minimum atomic E-state index is -3.70. The van der Waals surface area contributed by atoms with Crippen LogP contribution >= 0.6 is 10.7 Å². The van der Waals surface area contributed by atoms with E-state index in [-0.39, 0.29) is 5.75 Å². The number of benzene rings is 1. The molecule has 6 heteroatoms. The molecule has 96 valence electrons. The molecular weight excluding hydrogens is 267 g/mol. The highest BCUT2D eigenvalue weighted by atomic mass is 35.7. The summed E-state index contributed by atoms with van der Waals surface area (Å²) in [5, 5.41) is 0. The van der Waals surface area contributed by atoms with E-state index in [4.69, 9.17) is 15.4 Å². The van der Waals surface area contributed by atoms with Crippen LogP contribution in [0.1, 0.15) is 25.0 Å². The number of hydrogen-bond acceptors (Lipinski definition) is 3. The summed E-state index contributed by atoms with van der Waals surface area (Å²) < 4.78 is 40.9. The molecule has 0 atom stereocenters. The molecule has 0 aliphatic heterocycles. The summed E-state index contributed by atoms with van der Waals surface area (Å²) in [7, 11) is 2.90. The standard InChI is InChI=1S/C11H14ClFO3S/c1-11(2,13)9-4-5-10(16-3)8(6-9)7-17(12,14)15/h4-6H,7H2,1-3H3. The first kappa shape index (κ1) is 14.3. The molecule has 3 nitrogen and oxygen atoms in total. The minimum Gasteiger partial charge on any atom is -0.496 e. The van der Waals surface area contributed by atoms with Gasteiger partial charge in [0.05, 0.1) is 12.9 Å². The predicted molar refractivity (Wildman–Crippen MR) is 65.6 cm³/mol. The Morgan fingerprint density at radius 1 is 1.41 bits per heavy atom. The molecule has 0 bridgehead atoms. The lowest BCUT2D eigenvalue weighted by Crippen LogP contribution is -2.10. The van der Waals surface area contributed by atoms with Crippen molar-refractivity contribution in [3.05, 3.63) is 29.3 Å². The van der Waals surface area contributed by atoms with Crippen molar-refractivity contribution in [2.24, 2.45) is 0 Å². The van der Waals surface area contributed by atoms with Crippen LogP contribution < -0.4 is 4.74 Å². The van der Waals surface area contributed by atoms with Gasteiger partial charge < -0.3 is 4.74 Å². The lowest BCUT2D eigenvalue weighted by atomic mass is 9.98. The van der Waals surface area contributed by atoms with Crippen LogP contribution in [-0.2, 0) is 20.5 Å². The lowest BCUT2D eigenvalue weighted by Gasteiger charge is -2.17. The molecule has 0 aliphatic carbocycles. The molecule has 0 fully saturated rings. The SMILES string of the molecule is COc1ccc(C(C)(C)F)cc1CS(=O)(=O)Cl. The average Bonchev–Trinajstić information content (AvgIpc) is 2.13. The summed E-state index contributed by atoms with van der Waals surface area (Å²) in [5.41, 5.74) is -0.809. The molecule has 0 heterocycles. The van der Waals surface area contributed by atoms with Crippen LogP contribution in [-0.4, -0.2) is 15.5 Å². The Bertz CT molecular complexity index is 506. The Hall–Kier alpha value is -0.810. The molecule has 0 spiro atoms. The molecule has 0 aliphatic rings. The van der Waals surface area contributed by atoms with Gasteiger partial charge in [-0.25, -0.2) is 12.8 Å². The smallest absolute Gasteiger partial charge is 0.236 e.